The summed E-state index contributed by atoms with van der Waals surface area (Å²) in [5.41, 5.74) is 0.726. The lowest BCUT2D eigenvalue weighted by molar-refractivity contribution is 0.0671. The van der Waals surface area contributed by atoms with Gasteiger partial charge in [-0.3, -0.25) is 4.79 Å². The molecule has 2 fully saturated rings. The Balaban J connectivity index is 1.64. The van der Waals surface area contributed by atoms with Gasteiger partial charge in [-0.05, 0) is 50.8 Å². The smallest absolute Gasteiger partial charge is 0.254 e. The largest absolute Gasteiger partial charge is 0.491 e. The van der Waals surface area contributed by atoms with Crippen molar-refractivity contribution in [2.75, 3.05) is 19.8 Å². The fraction of sp³-hybridized carbons (Fsp3) is 0.632. The van der Waals surface area contributed by atoms with Crippen LogP contribution < -0.4 is 4.74 Å². The quantitative estimate of drug-likeness (QED) is 0.804. The molecule has 1 saturated heterocycles. The summed E-state index contributed by atoms with van der Waals surface area (Å²) in [6.07, 6.45) is 7.10. The summed E-state index contributed by atoms with van der Waals surface area (Å²) < 4.78 is 11.4. The second kappa shape index (κ2) is 7.82. The molecule has 1 unspecified atom stereocenters. The second-order valence-corrected chi connectivity index (χ2v) is 6.50. The Kier molecular flexibility index (Phi) is 5.55. The van der Waals surface area contributed by atoms with E-state index in [-0.39, 0.29) is 12.0 Å². The molecule has 1 amide bonds. The van der Waals surface area contributed by atoms with Gasteiger partial charge < -0.3 is 14.4 Å². The zero-order chi connectivity index (χ0) is 16.1. The van der Waals surface area contributed by atoms with Crippen LogP contribution in [-0.2, 0) is 4.74 Å². The van der Waals surface area contributed by atoms with Crippen LogP contribution in [0.4, 0.5) is 0 Å². The molecule has 1 aromatic rings. The lowest BCUT2D eigenvalue weighted by Gasteiger charge is -2.28. The van der Waals surface area contributed by atoms with Gasteiger partial charge in [-0.25, -0.2) is 0 Å². The number of carbonyl (C=O) groups is 1. The number of amides is 1. The number of hydrogen-bond acceptors (Lipinski definition) is 3. The summed E-state index contributed by atoms with van der Waals surface area (Å²) in [5, 5.41) is 0. The third kappa shape index (κ3) is 4.05. The van der Waals surface area contributed by atoms with E-state index in [0.29, 0.717) is 12.6 Å². The number of hydrogen-bond donors (Lipinski definition) is 0. The maximum atomic E-state index is 12.8. The summed E-state index contributed by atoms with van der Waals surface area (Å²) in [6.45, 7) is 4.23. The van der Waals surface area contributed by atoms with Crippen LogP contribution in [0.3, 0.4) is 0 Å². The first-order chi connectivity index (χ1) is 11.3. The molecule has 1 heterocycles. The molecule has 0 radical (unpaired) electrons. The van der Waals surface area contributed by atoms with Gasteiger partial charge in [0.25, 0.3) is 5.91 Å². The lowest BCUT2D eigenvalue weighted by atomic mass is 10.1. The summed E-state index contributed by atoms with van der Waals surface area (Å²) in [7, 11) is 0. The molecular weight excluding hydrogens is 290 g/mol. The van der Waals surface area contributed by atoms with Crippen molar-refractivity contribution in [2.45, 2.75) is 57.6 Å². The average Bonchev–Trinajstić information content (AvgIpc) is 3.28. The predicted molar refractivity (Wildman–Crippen MR) is 89.9 cm³/mol. The van der Waals surface area contributed by atoms with Crippen LogP contribution >= 0.6 is 0 Å². The van der Waals surface area contributed by atoms with Gasteiger partial charge in [0.1, 0.15) is 12.4 Å². The highest BCUT2D eigenvalue weighted by Gasteiger charge is 2.26. The van der Waals surface area contributed by atoms with Crippen molar-refractivity contribution in [3.05, 3.63) is 29.8 Å². The standard InChI is InChI=1S/C19H27NO3/c1-2-20(16-8-3-4-9-16)19(21)15-7-5-10-17(13-15)23-14-18-11-6-12-22-18/h5,7,10,13,16,18H,2-4,6,8-9,11-12,14H2,1H3. The molecule has 0 spiro atoms. The predicted octanol–water partition coefficient (Wildman–Crippen LogP) is 3.65. The first-order valence-electron chi connectivity index (χ1n) is 8.93. The Morgan fingerprint density at radius 3 is 2.78 bits per heavy atom. The highest BCUT2D eigenvalue weighted by Crippen LogP contribution is 2.25. The monoisotopic (exact) mass is 317 g/mol. The topological polar surface area (TPSA) is 38.8 Å². The van der Waals surface area contributed by atoms with Crippen molar-refractivity contribution in [1.29, 1.82) is 0 Å². The summed E-state index contributed by atoms with van der Waals surface area (Å²) in [5.74, 6) is 0.885. The summed E-state index contributed by atoms with van der Waals surface area (Å²) >= 11 is 0. The molecule has 4 nitrogen and oxygen atoms in total. The number of benzene rings is 1. The Bertz CT molecular complexity index is 519. The molecule has 1 aromatic carbocycles. The molecule has 2 aliphatic rings. The van der Waals surface area contributed by atoms with Crippen molar-refractivity contribution >= 4 is 5.91 Å². The zero-order valence-corrected chi connectivity index (χ0v) is 14.0. The molecule has 1 aliphatic heterocycles. The molecule has 3 rings (SSSR count). The van der Waals surface area contributed by atoms with E-state index in [9.17, 15) is 4.79 Å². The summed E-state index contributed by atoms with van der Waals surface area (Å²) in [6, 6.07) is 7.98. The molecule has 23 heavy (non-hydrogen) atoms. The van der Waals surface area contributed by atoms with Gasteiger partial charge in [0.05, 0.1) is 6.10 Å². The number of ether oxygens (including phenoxy) is 2. The fourth-order valence-electron chi connectivity index (χ4n) is 3.63. The first kappa shape index (κ1) is 16.3. The van der Waals surface area contributed by atoms with Gasteiger partial charge in [0.15, 0.2) is 0 Å². The Morgan fingerprint density at radius 2 is 2.09 bits per heavy atom. The lowest BCUT2D eigenvalue weighted by Crippen LogP contribution is -2.38. The minimum atomic E-state index is 0.127. The van der Waals surface area contributed by atoms with Crippen molar-refractivity contribution in [1.82, 2.24) is 4.90 Å². The maximum absolute atomic E-state index is 12.8. The molecule has 0 bridgehead atoms. The van der Waals surface area contributed by atoms with E-state index in [0.717, 1.165) is 50.1 Å². The Morgan fingerprint density at radius 1 is 1.26 bits per heavy atom. The van der Waals surface area contributed by atoms with Crippen LogP contribution in [0.25, 0.3) is 0 Å². The Hall–Kier alpha value is -1.55. The van der Waals surface area contributed by atoms with E-state index in [1.165, 1.54) is 12.8 Å². The van der Waals surface area contributed by atoms with Gasteiger partial charge in [-0.15, -0.1) is 0 Å². The van der Waals surface area contributed by atoms with Crippen LogP contribution in [-0.4, -0.2) is 42.7 Å². The number of carbonyl (C=O) groups excluding carboxylic acids is 1. The minimum Gasteiger partial charge on any atom is -0.491 e. The fourth-order valence-corrected chi connectivity index (χ4v) is 3.63. The van der Waals surface area contributed by atoms with E-state index in [2.05, 4.69) is 6.92 Å². The second-order valence-electron chi connectivity index (χ2n) is 6.50. The van der Waals surface area contributed by atoms with Gasteiger partial charge >= 0.3 is 0 Å². The maximum Gasteiger partial charge on any atom is 0.254 e. The van der Waals surface area contributed by atoms with Crippen LogP contribution in [0.2, 0.25) is 0 Å². The van der Waals surface area contributed by atoms with Crippen LogP contribution in [0, 0.1) is 0 Å². The van der Waals surface area contributed by atoms with E-state index in [4.69, 9.17) is 9.47 Å². The molecule has 126 valence electrons. The van der Waals surface area contributed by atoms with Crippen molar-refractivity contribution in [2.24, 2.45) is 0 Å². The van der Waals surface area contributed by atoms with Crippen molar-refractivity contribution in [3.8, 4) is 5.75 Å². The normalized spacial score (nSPS) is 21.5. The minimum absolute atomic E-state index is 0.127. The number of rotatable bonds is 6. The third-order valence-corrected chi connectivity index (χ3v) is 4.91. The first-order valence-corrected chi connectivity index (χ1v) is 8.93. The molecule has 4 heteroatoms. The van der Waals surface area contributed by atoms with Crippen LogP contribution in [0.1, 0.15) is 55.8 Å². The van der Waals surface area contributed by atoms with E-state index in [1.54, 1.807) is 0 Å². The van der Waals surface area contributed by atoms with E-state index >= 15 is 0 Å². The average molecular weight is 317 g/mol. The van der Waals surface area contributed by atoms with E-state index < -0.39 is 0 Å². The zero-order valence-electron chi connectivity index (χ0n) is 14.0. The molecule has 0 aromatic heterocycles. The highest BCUT2D eigenvalue weighted by atomic mass is 16.5. The van der Waals surface area contributed by atoms with Crippen LogP contribution in [0.5, 0.6) is 5.75 Å². The van der Waals surface area contributed by atoms with Crippen LogP contribution in [0.15, 0.2) is 24.3 Å². The van der Waals surface area contributed by atoms with Crippen molar-refractivity contribution < 1.29 is 14.3 Å². The van der Waals surface area contributed by atoms with E-state index in [1.807, 2.05) is 29.2 Å². The SMILES string of the molecule is CCN(C(=O)c1cccc(OCC2CCCO2)c1)C1CCCC1. The third-order valence-electron chi connectivity index (χ3n) is 4.91. The highest BCUT2D eigenvalue weighted by molar-refractivity contribution is 5.94. The molecule has 1 atom stereocenters. The summed E-state index contributed by atoms with van der Waals surface area (Å²) in [4.78, 5) is 14.8. The van der Waals surface area contributed by atoms with Crippen molar-refractivity contribution in [3.63, 3.8) is 0 Å². The van der Waals surface area contributed by atoms with Gasteiger partial charge in [0, 0.05) is 24.8 Å². The van der Waals surface area contributed by atoms with Gasteiger partial charge in [0.2, 0.25) is 0 Å². The van der Waals surface area contributed by atoms with Gasteiger partial charge in [-0.2, -0.15) is 0 Å². The molecule has 0 N–H and O–H groups in total. The molecular formula is C19H27NO3. The molecule has 1 aliphatic carbocycles. The number of nitrogens with zero attached hydrogens (tertiary/aromatic N) is 1. The molecule has 1 saturated carbocycles. The van der Waals surface area contributed by atoms with Gasteiger partial charge in [-0.1, -0.05) is 18.9 Å². The Labute approximate surface area is 138 Å².